The van der Waals surface area contributed by atoms with Gasteiger partial charge in [0.15, 0.2) is 0 Å². The Morgan fingerprint density at radius 1 is 1.23 bits per heavy atom. The summed E-state index contributed by atoms with van der Waals surface area (Å²) in [7, 11) is 0. The summed E-state index contributed by atoms with van der Waals surface area (Å²) < 4.78 is 0. The highest BCUT2D eigenvalue weighted by atomic mass is 16.2. The molecule has 2 rings (SSSR count). The van der Waals surface area contributed by atoms with Crippen molar-refractivity contribution in [3.05, 3.63) is 0 Å². The van der Waals surface area contributed by atoms with E-state index in [1.807, 2.05) is 0 Å². The third-order valence-corrected chi connectivity index (χ3v) is 3.14. The zero-order valence-electron chi connectivity index (χ0n) is 8.09. The van der Waals surface area contributed by atoms with Crippen LogP contribution in [0.1, 0.15) is 32.1 Å². The van der Waals surface area contributed by atoms with E-state index in [4.69, 9.17) is 0 Å². The lowest BCUT2D eigenvalue weighted by molar-refractivity contribution is -0.135. The maximum Gasteiger partial charge on any atom is 0.236 e. The van der Waals surface area contributed by atoms with Crippen molar-refractivity contribution in [2.75, 3.05) is 19.6 Å². The molecule has 1 aliphatic carbocycles. The fourth-order valence-corrected chi connectivity index (χ4v) is 2.40. The summed E-state index contributed by atoms with van der Waals surface area (Å²) in [6, 6.07) is 0.559. The number of carbonyl (C=O) groups excluding carboxylic acids is 1. The van der Waals surface area contributed by atoms with Crippen molar-refractivity contribution in [1.82, 2.24) is 10.2 Å². The van der Waals surface area contributed by atoms with Gasteiger partial charge >= 0.3 is 0 Å². The lowest BCUT2D eigenvalue weighted by atomic mass is 9.94. The zero-order valence-corrected chi connectivity index (χ0v) is 8.09. The summed E-state index contributed by atoms with van der Waals surface area (Å²) in [5.74, 6) is 0.304. The van der Waals surface area contributed by atoms with Gasteiger partial charge in [-0.05, 0) is 12.8 Å². The zero-order chi connectivity index (χ0) is 9.10. The van der Waals surface area contributed by atoms with Crippen LogP contribution in [0.4, 0.5) is 0 Å². The van der Waals surface area contributed by atoms with E-state index in [-0.39, 0.29) is 0 Å². The first-order chi connectivity index (χ1) is 6.38. The van der Waals surface area contributed by atoms with Gasteiger partial charge in [-0.1, -0.05) is 19.3 Å². The van der Waals surface area contributed by atoms with E-state index in [2.05, 4.69) is 10.2 Å². The second-order valence-electron chi connectivity index (χ2n) is 4.06. The first-order valence-electron chi connectivity index (χ1n) is 5.38. The van der Waals surface area contributed by atoms with Crippen molar-refractivity contribution in [3.8, 4) is 0 Å². The molecule has 0 radical (unpaired) electrons. The van der Waals surface area contributed by atoms with Crippen LogP contribution in [0.3, 0.4) is 0 Å². The van der Waals surface area contributed by atoms with E-state index >= 15 is 0 Å². The summed E-state index contributed by atoms with van der Waals surface area (Å²) in [6.45, 7) is 2.45. The number of nitrogens with zero attached hydrogens (tertiary/aromatic N) is 1. The first kappa shape index (κ1) is 9.00. The van der Waals surface area contributed by atoms with E-state index in [0.29, 0.717) is 18.5 Å². The SMILES string of the molecule is O=C1CNCCN1C1CCCCC1. The Morgan fingerprint density at radius 2 is 2.00 bits per heavy atom. The van der Waals surface area contributed by atoms with Gasteiger partial charge in [-0.2, -0.15) is 0 Å². The molecule has 2 fully saturated rings. The summed E-state index contributed by atoms with van der Waals surface area (Å²) in [6.07, 6.45) is 6.43. The molecule has 0 bridgehead atoms. The molecule has 0 aromatic carbocycles. The lowest BCUT2D eigenvalue weighted by Gasteiger charge is -2.37. The molecule has 1 amide bonds. The predicted molar refractivity (Wildman–Crippen MR) is 51.5 cm³/mol. The van der Waals surface area contributed by atoms with E-state index in [1.54, 1.807) is 0 Å². The van der Waals surface area contributed by atoms with Crippen molar-refractivity contribution in [1.29, 1.82) is 0 Å². The molecule has 0 aromatic heterocycles. The summed E-state index contributed by atoms with van der Waals surface area (Å²) in [5.41, 5.74) is 0. The third-order valence-electron chi connectivity index (χ3n) is 3.14. The molecule has 0 spiro atoms. The molecular weight excluding hydrogens is 164 g/mol. The van der Waals surface area contributed by atoms with E-state index in [9.17, 15) is 4.79 Å². The van der Waals surface area contributed by atoms with Crippen LogP contribution < -0.4 is 5.32 Å². The lowest BCUT2D eigenvalue weighted by Crippen LogP contribution is -2.52. The molecule has 1 saturated carbocycles. The Kier molecular flexibility index (Phi) is 2.83. The van der Waals surface area contributed by atoms with Gasteiger partial charge in [0, 0.05) is 19.1 Å². The molecule has 3 heteroatoms. The average molecular weight is 182 g/mol. The monoisotopic (exact) mass is 182 g/mol. The van der Waals surface area contributed by atoms with Crippen molar-refractivity contribution in [2.45, 2.75) is 38.1 Å². The van der Waals surface area contributed by atoms with Gasteiger partial charge in [-0.15, -0.1) is 0 Å². The largest absolute Gasteiger partial charge is 0.337 e. The number of carbonyl (C=O) groups is 1. The van der Waals surface area contributed by atoms with Gasteiger partial charge in [-0.25, -0.2) is 0 Å². The van der Waals surface area contributed by atoms with Crippen LogP contribution >= 0.6 is 0 Å². The second kappa shape index (κ2) is 4.09. The number of amides is 1. The molecule has 3 nitrogen and oxygen atoms in total. The van der Waals surface area contributed by atoms with E-state index in [0.717, 1.165) is 13.1 Å². The van der Waals surface area contributed by atoms with Gasteiger partial charge in [0.1, 0.15) is 0 Å². The minimum Gasteiger partial charge on any atom is -0.337 e. The average Bonchev–Trinajstić information content (AvgIpc) is 2.20. The van der Waals surface area contributed by atoms with Gasteiger partial charge in [0.25, 0.3) is 0 Å². The van der Waals surface area contributed by atoms with Crippen LogP contribution in [0.25, 0.3) is 0 Å². The van der Waals surface area contributed by atoms with Gasteiger partial charge < -0.3 is 10.2 Å². The van der Waals surface area contributed by atoms with Crippen LogP contribution in [0.5, 0.6) is 0 Å². The van der Waals surface area contributed by atoms with Crippen molar-refractivity contribution < 1.29 is 4.79 Å². The Labute approximate surface area is 79.5 Å². The Hall–Kier alpha value is -0.570. The molecule has 1 N–H and O–H groups in total. The van der Waals surface area contributed by atoms with Crippen molar-refractivity contribution >= 4 is 5.91 Å². The molecule has 0 unspecified atom stereocenters. The highest BCUT2D eigenvalue weighted by molar-refractivity contribution is 5.79. The fourth-order valence-electron chi connectivity index (χ4n) is 2.40. The molecule has 0 atom stereocenters. The molecule has 13 heavy (non-hydrogen) atoms. The van der Waals surface area contributed by atoms with Crippen molar-refractivity contribution in [3.63, 3.8) is 0 Å². The molecular formula is C10H18N2O. The normalized spacial score (nSPS) is 26.5. The minimum atomic E-state index is 0.304. The maximum atomic E-state index is 11.6. The molecule has 0 aromatic rings. The van der Waals surface area contributed by atoms with Gasteiger partial charge in [-0.3, -0.25) is 4.79 Å². The maximum absolute atomic E-state index is 11.6. The highest BCUT2D eigenvalue weighted by Gasteiger charge is 2.26. The van der Waals surface area contributed by atoms with Crippen LogP contribution in [-0.4, -0.2) is 36.5 Å². The topological polar surface area (TPSA) is 32.3 Å². The van der Waals surface area contributed by atoms with Gasteiger partial charge in [0.05, 0.1) is 6.54 Å². The minimum absolute atomic E-state index is 0.304. The Balaban J connectivity index is 1.92. The van der Waals surface area contributed by atoms with Crippen molar-refractivity contribution in [2.24, 2.45) is 0 Å². The standard InChI is InChI=1S/C10H18N2O/c13-10-8-11-6-7-12(10)9-4-2-1-3-5-9/h9,11H,1-8H2. The summed E-state index contributed by atoms with van der Waals surface area (Å²) >= 11 is 0. The van der Waals surface area contributed by atoms with Crippen LogP contribution in [0, 0.1) is 0 Å². The van der Waals surface area contributed by atoms with Gasteiger partial charge in [0.2, 0.25) is 5.91 Å². The Bertz CT molecular complexity index is 187. The highest BCUT2D eigenvalue weighted by Crippen LogP contribution is 2.22. The third kappa shape index (κ3) is 2.02. The summed E-state index contributed by atoms with van der Waals surface area (Å²) in [5, 5.41) is 3.11. The van der Waals surface area contributed by atoms with Crippen LogP contribution in [0.15, 0.2) is 0 Å². The van der Waals surface area contributed by atoms with E-state index < -0.39 is 0 Å². The fraction of sp³-hybridized carbons (Fsp3) is 0.900. The first-order valence-corrected chi connectivity index (χ1v) is 5.38. The van der Waals surface area contributed by atoms with Crippen LogP contribution in [0.2, 0.25) is 0 Å². The molecule has 1 saturated heterocycles. The number of hydrogen-bond acceptors (Lipinski definition) is 2. The predicted octanol–water partition coefficient (Wildman–Crippen LogP) is 0.751. The molecule has 74 valence electrons. The smallest absolute Gasteiger partial charge is 0.236 e. The second-order valence-corrected chi connectivity index (χ2v) is 4.06. The number of hydrogen-bond donors (Lipinski definition) is 1. The molecule has 1 aliphatic heterocycles. The van der Waals surface area contributed by atoms with E-state index in [1.165, 1.54) is 32.1 Å². The number of nitrogens with one attached hydrogen (secondary N) is 1. The number of piperazine rings is 1. The summed E-state index contributed by atoms with van der Waals surface area (Å²) in [4.78, 5) is 13.6. The quantitative estimate of drug-likeness (QED) is 0.649. The molecule has 2 aliphatic rings. The number of rotatable bonds is 1. The van der Waals surface area contributed by atoms with Crippen LogP contribution in [-0.2, 0) is 4.79 Å². The molecule has 1 heterocycles. The Morgan fingerprint density at radius 3 is 2.69 bits per heavy atom.